The average molecular weight is 405 g/mol. The maximum atomic E-state index is 13.3. The monoisotopic (exact) mass is 405 g/mol. The summed E-state index contributed by atoms with van der Waals surface area (Å²) in [6, 6.07) is 13.3. The molecule has 2 atom stereocenters. The predicted molar refractivity (Wildman–Crippen MR) is 113 cm³/mol. The van der Waals surface area contributed by atoms with E-state index in [1.165, 1.54) is 0 Å². The fraction of sp³-hybridized carbons (Fsp3) is 0.417. The van der Waals surface area contributed by atoms with E-state index in [4.69, 9.17) is 4.74 Å². The van der Waals surface area contributed by atoms with Crippen LogP contribution in [-0.2, 0) is 6.61 Å². The number of pyridine rings is 1. The molecule has 156 valence electrons. The Morgan fingerprint density at radius 1 is 1.17 bits per heavy atom. The van der Waals surface area contributed by atoms with Gasteiger partial charge in [0.25, 0.3) is 5.91 Å². The van der Waals surface area contributed by atoms with Crippen molar-refractivity contribution in [1.82, 2.24) is 14.3 Å². The number of benzene rings is 1. The van der Waals surface area contributed by atoms with Crippen molar-refractivity contribution in [1.29, 1.82) is 0 Å². The molecule has 3 aromatic rings. The van der Waals surface area contributed by atoms with Crippen LogP contribution in [0.2, 0.25) is 0 Å². The molecule has 1 aromatic carbocycles. The number of carbonyl (C=O) groups excluding carboxylic acids is 1. The standard InChI is InChI=1S/C24H27N3O3/c28-23(27-14-12-24(29)11-5-3-7-18(24)15-27)20-8-1-2-9-21(20)30-17-19-16-26-13-6-4-10-22(26)25-19/h1-2,4,6,8-10,13,16,18,29H,3,5,7,11-12,14-15,17H2. The van der Waals surface area contributed by atoms with Crippen molar-refractivity contribution in [3.8, 4) is 5.75 Å². The number of piperidine rings is 1. The summed E-state index contributed by atoms with van der Waals surface area (Å²) >= 11 is 0. The first kappa shape index (κ1) is 19.1. The minimum atomic E-state index is -0.589. The first-order valence-corrected chi connectivity index (χ1v) is 10.8. The molecule has 30 heavy (non-hydrogen) atoms. The van der Waals surface area contributed by atoms with Crippen LogP contribution in [-0.4, -0.2) is 44.0 Å². The number of ether oxygens (including phenoxy) is 1. The molecular weight excluding hydrogens is 378 g/mol. The Balaban J connectivity index is 1.31. The van der Waals surface area contributed by atoms with E-state index in [1.54, 1.807) is 0 Å². The van der Waals surface area contributed by atoms with Crippen molar-refractivity contribution in [2.45, 2.75) is 44.3 Å². The average Bonchev–Trinajstić information content (AvgIpc) is 3.20. The predicted octanol–water partition coefficient (Wildman–Crippen LogP) is 3.68. The van der Waals surface area contributed by atoms with Crippen LogP contribution in [0.3, 0.4) is 0 Å². The number of amides is 1. The fourth-order valence-electron chi connectivity index (χ4n) is 4.90. The first-order chi connectivity index (χ1) is 14.6. The molecule has 1 amide bonds. The quantitative estimate of drug-likeness (QED) is 0.719. The van der Waals surface area contributed by atoms with Gasteiger partial charge in [-0.15, -0.1) is 0 Å². The van der Waals surface area contributed by atoms with Gasteiger partial charge in [-0.05, 0) is 43.5 Å². The first-order valence-electron chi connectivity index (χ1n) is 10.8. The third kappa shape index (κ3) is 3.56. The van der Waals surface area contributed by atoms with Crippen molar-refractivity contribution >= 4 is 11.6 Å². The van der Waals surface area contributed by atoms with Crippen LogP contribution in [0.4, 0.5) is 0 Å². The lowest BCUT2D eigenvalue weighted by Gasteiger charge is -2.47. The summed E-state index contributed by atoms with van der Waals surface area (Å²) in [5.41, 5.74) is 1.67. The van der Waals surface area contributed by atoms with Gasteiger partial charge in [-0.25, -0.2) is 4.98 Å². The summed E-state index contributed by atoms with van der Waals surface area (Å²) in [6.45, 7) is 1.51. The lowest BCUT2D eigenvalue weighted by atomic mass is 9.71. The maximum absolute atomic E-state index is 13.3. The minimum Gasteiger partial charge on any atom is -0.486 e. The van der Waals surface area contributed by atoms with Gasteiger partial charge in [0.15, 0.2) is 0 Å². The van der Waals surface area contributed by atoms with Crippen LogP contribution < -0.4 is 4.74 Å². The highest BCUT2D eigenvalue weighted by atomic mass is 16.5. The summed E-state index contributed by atoms with van der Waals surface area (Å²) in [5.74, 6) is 0.729. The van der Waals surface area contributed by atoms with Crippen molar-refractivity contribution in [3.63, 3.8) is 0 Å². The molecule has 2 fully saturated rings. The van der Waals surface area contributed by atoms with Gasteiger partial charge in [-0.3, -0.25) is 4.79 Å². The third-order valence-electron chi connectivity index (χ3n) is 6.62. The molecule has 0 bridgehead atoms. The number of hydrogen-bond acceptors (Lipinski definition) is 4. The van der Waals surface area contributed by atoms with Gasteiger partial charge in [0, 0.05) is 31.4 Å². The summed E-state index contributed by atoms with van der Waals surface area (Å²) < 4.78 is 7.97. The molecule has 0 radical (unpaired) electrons. The Bertz CT molecular complexity index is 1030. The molecule has 3 heterocycles. The molecule has 1 aliphatic carbocycles. The number of aliphatic hydroxyl groups is 1. The van der Waals surface area contributed by atoms with Crippen molar-refractivity contribution in [2.75, 3.05) is 13.1 Å². The summed E-state index contributed by atoms with van der Waals surface area (Å²) in [4.78, 5) is 19.7. The molecule has 0 spiro atoms. The van der Waals surface area contributed by atoms with Crippen LogP contribution in [0.15, 0.2) is 54.9 Å². The summed E-state index contributed by atoms with van der Waals surface area (Å²) in [5, 5.41) is 10.9. The smallest absolute Gasteiger partial charge is 0.257 e. The Hall–Kier alpha value is -2.86. The van der Waals surface area contributed by atoms with E-state index in [0.29, 0.717) is 37.4 Å². The molecule has 5 rings (SSSR count). The summed E-state index contributed by atoms with van der Waals surface area (Å²) in [6.07, 6.45) is 8.62. The highest BCUT2D eigenvalue weighted by Gasteiger charge is 2.44. The number of aromatic nitrogens is 2. The second-order valence-electron chi connectivity index (χ2n) is 8.53. The van der Waals surface area contributed by atoms with Crippen LogP contribution in [0.25, 0.3) is 5.65 Å². The molecule has 2 aliphatic rings. The molecular formula is C24H27N3O3. The van der Waals surface area contributed by atoms with E-state index in [1.807, 2.05) is 64.2 Å². The zero-order chi connectivity index (χ0) is 20.6. The third-order valence-corrected chi connectivity index (χ3v) is 6.62. The second-order valence-corrected chi connectivity index (χ2v) is 8.53. The van der Waals surface area contributed by atoms with Gasteiger partial charge in [-0.2, -0.15) is 0 Å². The highest BCUT2D eigenvalue weighted by Crippen LogP contribution is 2.40. The molecule has 2 unspecified atom stereocenters. The zero-order valence-corrected chi connectivity index (χ0v) is 17.0. The van der Waals surface area contributed by atoms with Crippen molar-refractivity contribution in [3.05, 3.63) is 66.1 Å². The zero-order valence-electron chi connectivity index (χ0n) is 17.0. The second kappa shape index (κ2) is 7.76. The van der Waals surface area contributed by atoms with E-state index < -0.39 is 5.60 Å². The van der Waals surface area contributed by atoms with Gasteiger partial charge in [0.05, 0.1) is 16.9 Å². The van der Waals surface area contributed by atoms with E-state index >= 15 is 0 Å². The Morgan fingerprint density at radius 2 is 2.03 bits per heavy atom. The summed E-state index contributed by atoms with van der Waals surface area (Å²) in [7, 11) is 0. The normalized spacial score (nSPS) is 23.9. The van der Waals surface area contributed by atoms with Crippen LogP contribution in [0.1, 0.15) is 48.2 Å². The van der Waals surface area contributed by atoms with Crippen molar-refractivity contribution in [2.24, 2.45) is 5.92 Å². The Kier molecular flexibility index (Phi) is 4.95. The lowest BCUT2D eigenvalue weighted by molar-refractivity contribution is -0.0886. The number of nitrogens with zero attached hydrogens (tertiary/aromatic N) is 3. The lowest BCUT2D eigenvalue weighted by Crippen LogP contribution is -2.54. The molecule has 1 aliphatic heterocycles. The van der Waals surface area contributed by atoms with Gasteiger partial charge in [-0.1, -0.05) is 31.0 Å². The van der Waals surface area contributed by atoms with E-state index in [2.05, 4.69) is 4.98 Å². The van der Waals surface area contributed by atoms with Crippen LogP contribution >= 0.6 is 0 Å². The number of fused-ring (bicyclic) bond motifs is 2. The molecule has 2 aromatic heterocycles. The molecule has 6 nitrogen and oxygen atoms in total. The SMILES string of the molecule is O=C(c1ccccc1OCc1cn2ccccc2n1)N1CCC2(O)CCCCC2C1. The minimum absolute atomic E-state index is 0.0202. The number of hydrogen-bond donors (Lipinski definition) is 1. The van der Waals surface area contributed by atoms with E-state index in [-0.39, 0.29) is 11.8 Å². The number of likely N-dealkylation sites (tertiary alicyclic amines) is 1. The van der Waals surface area contributed by atoms with Crippen molar-refractivity contribution < 1.29 is 14.6 Å². The number of para-hydroxylation sites is 1. The van der Waals surface area contributed by atoms with Crippen LogP contribution in [0.5, 0.6) is 5.75 Å². The van der Waals surface area contributed by atoms with Gasteiger partial charge in [0.1, 0.15) is 18.0 Å². The Labute approximate surface area is 176 Å². The number of rotatable bonds is 4. The topological polar surface area (TPSA) is 67.1 Å². The van der Waals surface area contributed by atoms with Gasteiger partial charge in [0.2, 0.25) is 0 Å². The van der Waals surface area contributed by atoms with E-state index in [0.717, 1.165) is 37.0 Å². The fourth-order valence-corrected chi connectivity index (χ4v) is 4.90. The Morgan fingerprint density at radius 3 is 2.93 bits per heavy atom. The van der Waals surface area contributed by atoms with Gasteiger partial charge < -0.3 is 19.1 Å². The molecule has 1 N–H and O–H groups in total. The molecule has 6 heteroatoms. The number of imidazole rings is 1. The van der Waals surface area contributed by atoms with Gasteiger partial charge >= 0.3 is 0 Å². The largest absolute Gasteiger partial charge is 0.486 e. The van der Waals surface area contributed by atoms with E-state index in [9.17, 15) is 9.90 Å². The molecule has 1 saturated carbocycles. The highest BCUT2D eigenvalue weighted by molar-refractivity contribution is 5.97. The van der Waals surface area contributed by atoms with Crippen LogP contribution in [0, 0.1) is 5.92 Å². The molecule has 1 saturated heterocycles. The maximum Gasteiger partial charge on any atom is 0.257 e. The number of carbonyl (C=O) groups is 1.